The van der Waals surface area contributed by atoms with E-state index >= 15 is 0 Å². The number of imidazole rings is 2. The van der Waals surface area contributed by atoms with E-state index in [0.717, 1.165) is 40.3 Å². The maximum Gasteiger partial charge on any atom is 0.421 e. The number of azo groups is 2. The van der Waals surface area contributed by atoms with Crippen molar-refractivity contribution in [1.82, 2.24) is 24.1 Å². The minimum atomic E-state index is -0.0677. The summed E-state index contributed by atoms with van der Waals surface area (Å²) in [5.74, 6) is 2.44. The summed E-state index contributed by atoms with van der Waals surface area (Å²) in [5, 5.41) is 39.5. The second-order valence-electron chi connectivity index (χ2n) is 11.0. The number of hydrogen-bond acceptors (Lipinski definition) is 12. The molecule has 3 heterocycles. The average molecular weight is 731 g/mol. The highest BCUT2D eigenvalue weighted by atomic mass is 35.5. The Kier molecular flexibility index (Phi) is 13.1. The molecule has 0 spiro atoms. The van der Waals surface area contributed by atoms with E-state index in [2.05, 4.69) is 56.7 Å². The lowest BCUT2D eigenvalue weighted by molar-refractivity contribution is -0.657. The molecule has 0 unspecified atom stereocenters. The van der Waals surface area contributed by atoms with Gasteiger partial charge in [-0.1, -0.05) is 10.2 Å². The minimum absolute atomic E-state index is 0. The first kappa shape index (κ1) is 37.8. The van der Waals surface area contributed by atoms with Crippen molar-refractivity contribution in [1.29, 1.82) is 0 Å². The molecule has 3 aromatic heterocycles. The number of nitrogens with zero attached hydrogens (tertiary/aromatic N) is 11. The van der Waals surface area contributed by atoms with Crippen LogP contribution in [0.15, 0.2) is 118 Å². The van der Waals surface area contributed by atoms with E-state index in [1.807, 2.05) is 144 Å². The Morgan fingerprint density at radius 3 is 1.31 bits per heavy atom. The van der Waals surface area contributed by atoms with Crippen molar-refractivity contribution in [2.24, 2.45) is 48.6 Å². The number of halogens is 2. The molecule has 0 aliphatic carbocycles. The van der Waals surface area contributed by atoms with E-state index in [4.69, 9.17) is 0 Å². The molecular formula is C33H37Cl2N15O. The van der Waals surface area contributed by atoms with Gasteiger partial charge in [0, 0.05) is 39.5 Å². The summed E-state index contributed by atoms with van der Waals surface area (Å²) in [6, 6.07) is 22.9. The standard InChI is InChI=1S/C33H35N15O.2ClH/c1-45-18-19-46(2)32(45)43-41-27-13-9-24(10-14-27)35-23-5-7-25(8-6-23)36-30-38-29(34-17-22-49)39-31(40-30)37-26-11-15-28(16-12-26)42-44-33-47(3)20-21-48(33)4;;/h5-16,18-21,49H,17,22H2,1-4H3,(H2,34,36,38,39,40,41);2*1H. The third-order valence-corrected chi connectivity index (χ3v) is 7.25. The highest BCUT2D eigenvalue weighted by Gasteiger charge is 2.12. The molecule has 0 radical (unpaired) electrons. The van der Waals surface area contributed by atoms with Crippen LogP contribution in [0.2, 0.25) is 0 Å². The van der Waals surface area contributed by atoms with Crippen molar-refractivity contribution in [2.45, 2.75) is 0 Å². The Morgan fingerprint density at radius 2 is 0.941 bits per heavy atom. The van der Waals surface area contributed by atoms with Gasteiger partial charge in [0.05, 0.1) is 59.6 Å². The van der Waals surface area contributed by atoms with Crippen LogP contribution in [-0.4, -0.2) is 42.3 Å². The van der Waals surface area contributed by atoms with Gasteiger partial charge in [0.1, 0.15) is 11.4 Å². The van der Waals surface area contributed by atoms with Crippen LogP contribution in [-0.2, 0) is 28.2 Å². The lowest BCUT2D eigenvalue weighted by Gasteiger charge is -2.12. The van der Waals surface area contributed by atoms with Gasteiger partial charge in [-0.3, -0.25) is 0 Å². The van der Waals surface area contributed by atoms with Gasteiger partial charge in [0.15, 0.2) is 0 Å². The van der Waals surface area contributed by atoms with Gasteiger partial charge < -0.3 is 51.2 Å². The molecule has 264 valence electrons. The molecule has 6 aromatic rings. The number of aliphatic hydroxyl groups is 1. The van der Waals surface area contributed by atoms with Gasteiger partial charge in [-0.2, -0.15) is 15.0 Å². The average Bonchev–Trinajstić information content (AvgIpc) is 3.61. The van der Waals surface area contributed by atoms with Gasteiger partial charge in [-0.15, -0.1) is 0 Å². The number of aliphatic hydroxyl groups excluding tert-OH is 1. The first-order valence-corrected chi connectivity index (χ1v) is 15.4. The second kappa shape index (κ2) is 17.6. The van der Waals surface area contributed by atoms with Crippen LogP contribution >= 0.6 is 0 Å². The molecule has 0 saturated carbocycles. The first-order chi connectivity index (χ1) is 23.8. The van der Waals surface area contributed by atoms with Crippen LogP contribution in [0.25, 0.3) is 0 Å². The van der Waals surface area contributed by atoms with Gasteiger partial charge in [0.25, 0.3) is 0 Å². The van der Waals surface area contributed by atoms with Gasteiger partial charge >= 0.3 is 11.9 Å². The van der Waals surface area contributed by atoms with Crippen LogP contribution in [0.5, 0.6) is 0 Å². The van der Waals surface area contributed by atoms with Crippen molar-refractivity contribution in [3.05, 3.63) is 97.6 Å². The zero-order valence-corrected chi connectivity index (χ0v) is 29.8. The van der Waals surface area contributed by atoms with Crippen LogP contribution in [0, 0.1) is 0 Å². The van der Waals surface area contributed by atoms with Crippen LogP contribution in [0.1, 0.15) is 0 Å². The Morgan fingerprint density at radius 1 is 0.569 bits per heavy atom. The third kappa shape index (κ3) is 10.0. The zero-order chi connectivity index (χ0) is 34.2. The number of hydrogen-bond donors (Lipinski definition) is 5. The largest absolute Gasteiger partial charge is 1.00 e. The molecule has 0 atom stereocenters. The third-order valence-electron chi connectivity index (χ3n) is 7.25. The van der Waals surface area contributed by atoms with Crippen molar-refractivity contribution in [2.75, 3.05) is 34.4 Å². The van der Waals surface area contributed by atoms with Crippen molar-refractivity contribution in [3.8, 4) is 0 Å². The molecule has 51 heavy (non-hydrogen) atoms. The lowest BCUT2D eigenvalue weighted by Crippen LogP contribution is -3.00. The highest BCUT2D eigenvalue weighted by Crippen LogP contribution is 2.25. The highest BCUT2D eigenvalue weighted by molar-refractivity contribution is 5.66. The molecule has 5 N–H and O–H groups in total. The van der Waals surface area contributed by atoms with Crippen molar-refractivity contribution >= 4 is 63.9 Å². The lowest BCUT2D eigenvalue weighted by atomic mass is 10.2. The molecule has 0 bridgehead atoms. The molecule has 18 heteroatoms. The van der Waals surface area contributed by atoms with Crippen LogP contribution in [0.3, 0.4) is 0 Å². The number of benzene rings is 3. The van der Waals surface area contributed by atoms with E-state index in [1.165, 1.54) is 0 Å². The predicted molar refractivity (Wildman–Crippen MR) is 186 cm³/mol. The van der Waals surface area contributed by atoms with Gasteiger partial charge in [0.2, 0.25) is 17.8 Å². The number of aryl methyl sites for hydroxylation is 4. The van der Waals surface area contributed by atoms with Crippen molar-refractivity contribution in [3.63, 3.8) is 0 Å². The summed E-state index contributed by atoms with van der Waals surface area (Å²) in [6.45, 7) is 0.221. The molecule has 0 aliphatic heterocycles. The van der Waals surface area contributed by atoms with Gasteiger partial charge in [-0.25, -0.2) is 18.3 Å². The smallest absolute Gasteiger partial charge is 0.421 e. The number of rotatable bonds is 13. The number of aromatic nitrogens is 7. The topological polar surface area (TPSA) is 174 Å². The van der Waals surface area contributed by atoms with Gasteiger partial charge in [-0.05, 0) is 72.8 Å². The Balaban J connectivity index is 0.00000292. The Hall–Kier alpha value is -5.97. The molecule has 0 fully saturated rings. The fourth-order valence-electron chi connectivity index (χ4n) is 4.67. The summed E-state index contributed by atoms with van der Waals surface area (Å²) < 4.78 is 7.59. The molecule has 6 rings (SSSR count). The van der Waals surface area contributed by atoms with E-state index in [0.29, 0.717) is 23.5 Å². The Bertz CT molecular complexity index is 2040. The monoisotopic (exact) mass is 729 g/mol. The van der Waals surface area contributed by atoms with Crippen LogP contribution in [0.4, 0.5) is 63.9 Å². The van der Waals surface area contributed by atoms with Crippen molar-refractivity contribution < 1.29 is 39.1 Å². The Labute approximate surface area is 306 Å². The summed E-state index contributed by atoms with van der Waals surface area (Å²) in [5.41, 5.74) is 4.80. The SMILES string of the molecule is Cn1cc[n+](C)c1N=Nc1ccc(Nc2ccc(Nc3nc(NCCO)nc(Nc4ccc(N=Nc5n(C)cc[n+]5C)cc4)n3)cc2)cc1.[Cl-].[Cl-]. The van der Waals surface area contributed by atoms with E-state index in [-0.39, 0.29) is 38.0 Å². The van der Waals surface area contributed by atoms with Crippen LogP contribution < -0.4 is 55.2 Å². The fourth-order valence-corrected chi connectivity index (χ4v) is 4.67. The maximum absolute atomic E-state index is 9.32. The van der Waals surface area contributed by atoms with E-state index in [1.54, 1.807) is 0 Å². The fraction of sp³-hybridized carbons (Fsp3) is 0.182. The molecule has 16 nitrogen and oxygen atoms in total. The summed E-state index contributed by atoms with van der Waals surface area (Å²) in [7, 11) is 7.69. The normalized spacial score (nSPS) is 10.9. The zero-order valence-electron chi connectivity index (χ0n) is 28.3. The quantitative estimate of drug-likeness (QED) is 0.0794. The molecule has 3 aromatic carbocycles. The van der Waals surface area contributed by atoms with E-state index in [9.17, 15) is 5.11 Å². The first-order valence-electron chi connectivity index (χ1n) is 15.4. The minimum Gasteiger partial charge on any atom is -1.00 e. The maximum atomic E-state index is 9.32. The second-order valence-corrected chi connectivity index (χ2v) is 11.0. The van der Waals surface area contributed by atoms with E-state index < -0.39 is 0 Å². The summed E-state index contributed by atoms with van der Waals surface area (Å²) >= 11 is 0. The number of nitrogens with one attached hydrogen (secondary N) is 4. The predicted octanol–water partition coefficient (Wildman–Crippen LogP) is -0.329. The molecule has 0 saturated heterocycles. The number of anilines is 7. The molecular weight excluding hydrogens is 693 g/mol. The summed E-state index contributed by atoms with van der Waals surface area (Å²) in [4.78, 5) is 13.5. The molecule has 0 amide bonds. The molecule has 0 aliphatic rings. The summed E-state index contributed by atoms with van der Waals surface area (Å²) in [6.07, 6.45) is 7.69.